The summed E-state index contributed by atoms with van der Waals surface area (Å²) in [5.74, 6) is -0.538. The van der Waals surface area contributed by atoms with E-state index in [1.807, 2.05) is 60.7 Å². The minimum Gasteiger partial charge on any atom is -0.443 e. The van der Waals surface area contributed by atoms with Gasteiger partial charge in [-0.15, -0.1) is 0 Å². The fraction of sp³-hybridized carbons (Fsp3) is 0.167. The lowest BCUT2D eigenvalue weighted by Gasteiger charge is -2.33. The maximum atomic E-state index is 12.2. The number of rotatable bonds is 7. The summed E-state index contributed by atoms with van der Waals surface area (Å²) in [6.45, 7) is 5.13. The fourth-order valence-electron chi connectivity index (χ4n) is 2.26. The first-order valence-corrected chi connectivity index (χ1v) is 7.77. The highest BCUT2D eigenvalue weighted by molar-refractivity contribution is 7.17. The first-order valence-electron chi connectivity index (χ1n) is 7.04. The molecule has 0 fully saturated rings. The van der Waals surface area contributed by atoms with Gasteiger partial charge < -0.3 is 4.74 Å². The molecule has 23 heavy (non-hydrogen) atoms. The molecule has 118 valence electrons. The molecular weight excluding hydrogens is 311 g/mol. The van der Waals surface area contributed by atoms with Gasteiger partial charge in [0.15, 0.2) is 5.60 Å². The summed E-state index contributed by atoms with van der Waals surface area (Å²) in [6.07, 6.45) is 0. The van der Waals surface area contributed by atoms with Crippen LogP contribution in [-0.4, -0.2) is 12.6 Å². The van der Waals surface area contributed by atoms with Crippen molar-refractivity contribution in [2.45, 2.75) is 12.5 Å². The summed E-state index contributed by atoms with van der Waals surface area (Å²) < 4.78 is 21.7. The van der Waals surface area contributed by atoms with Crippen molar-refractivity contribution < 1.29 is 18.6 Å². The van der Waals surface area contributed by atoms with Gasteiger partial charge in [0.25, 0.3) is 0 Å². The molecule has 0 aromatic heterocycles. The molecule has 2 rings (SSSR count). The first-order chi connectivity index (χ1) is 11.1. The molecular formula is C18H17O4P. The molecule has 0 aliphatic carbocycles. The molecule has 0 amide bonds. The van der Waals surface area contributed by atoms with Gasteiger partial charge in [0.1, 0.15) is 6.61 Å². The van der Waals surface area contributed by atoms with Crippen molar-refractivity contribution in [2.75, 3.05) is 6.61 Å². The zero-order chi connectivity index (χ0) is 16.7. The summed E-state index contributed by atoms with van der Waals surface area (Å²) in [6, 6.07) is 18.5. The lowest BCUT2D eigenvalue weighted by molar-refractivity contribution is -0.154. The van der Waals surface area contributed by atoms with Gasteiger partial charge in [0, 0.05) is 16.7 Å². The smallest absolute Gasteiger partial charge is 0.334 e. The van der Waals surface area contributed by atoms with Crippen LogP contribution in [0.25, 0.3) is 0 Å². The number of esters is 1. The van der Waals surface area contributed by atoms with E-state index < -0.39 is 20.3 Å². The normalized spacial score (nSPS) is 11.2. The molecule has 0 unspecified atom stereocenters. The Bertz CT molecular complexity index is 643. The Labute approximate surface area is 137 Å². The molecule has 0 aliphatic heterocycles. The second-order valence-electron chi connectivity index (χ2n) is 5.08. The molecule has 0 radical (unpaired) electrons. The van der Waals surface area contributed by atoms with Gasteiger partial charge in [-0.1, -0.05) is 67.2 Å². The number of hydrogen-bond acceptors (Lipinski definition) is 4. The Morgan fingerprint density at radius 2 is 1.52 bits per heavy atom. The van der Waals surface area contributed by atoms with Crippen molar-refractivity contribution in [3.8, 4) is 0 Å². The Balaban J connectivity index is 2.60. The van der Waals surface area contributed by atoms with Gasteiger partial charge in [-0.3, -0.25) is 4.52 Å². The summed E-state index contributed by atoms with van der Waals surface area (Å²) in [7, 11) is -0.481. The van der Waals surface area contributed by atoms with Crippen LogP contribution >= 0.6 is 8.69 Å². The molecule has 0 heterocycles. The van der Waals surface area contributed by atoms with E-state index in [0.29, 0.717) is 0 Å². The van der Waals surface area contributed by atoms with E-state index in [0.717, 1.165) is 11.1 Å². The van der Waals surface area contributed by atoms with Crippen molar-refractivity contribution >= 4 is 14.7 Å². The first kappa shape index (κ1) is 17.1. The molecule has 4 nitrogen and oxygen atoms in total. The summed E-state index contributed by atoms with van der Waals surface area (Å²) in [5, 5.41) is 0. The summed E-state index contributed by atoms with van der Waals surface area (Å²) in [5.41, 5.74) is 0.533. The highest BCUT2D eigenvalue weighted by Crippen LogP contribution is 2.35. The van der Waals surface area contributed by atoms with Gasteiger partial charge in [-0.05, 0) is 6.92 Å². The van der Waals surface area contributed by atoms with E-state index >= 15 is 0 Å². The number of benzene rings is 2. The molecule has 0 aliphatic rings. The average molecular weight is 328 g/mol. The van der Waals surface area contributed by atoms with E-state index in [4.69, 9.17) is 9.26 Å². The largest absolute Gasteiger partial charge is 0.443 e. The lowest BCUT2D eigenvalue weighted by atomic mass is 9.86. The molecule has 2 aromatic rings. The topological polar surface area (TPSA) is 52.6 Å². The molecule has 0 spiro atoms. The second-order valence-corrected chi connectivity index (χ2v) is 5.48. The predicted molar refractivity (Wildman–Crippen MR) is 88.1 cm³/mol. The second kappa shape index (κ2) is 7.82. The van der Waals surface area contributed by atoms with E-state index in [1.165, 1.54) is 0 Å². The van der Waals surface area contributed by atoms with Gasteiger partial charge in [0.05, 0.1) is 0 Å². The summed E-state index contributed by atoms with van der Waals surface area (Å²) in [4.78, 5) is 12.2. The van der Waals surface area contributed by atoms with Gasteiger partial charge >= 0.3 is 14.7 Å². The molecule has 0 saturated carbocycles. The minimum atomic E-state index is -1.20. The maximum Gasteiger partial charge on any atom is 0.334 e. The molecule has 5 heteroatoms. The zero-order valence-electron chi connectivity index (χ0n) is 12.8. The van der Waals surface area contributed by atoms with Gasteiger partial charge in [0.2, 0.25) is 0 Å². The number of hydrogen-bond donors (Lipinski definition) is 0. The third kappa shape index (κ3) is 3.92. The van der Waals surface area contributed by atoms with Crippen LogP contribution < -0.4 is 0 Å². The SMILES string of the molecule is C=C(C)C(=O)OC(COP=O)(c1ccccc1)c1ccccc1. The van der Waals surface area contributed by atoms with Crippen LogP contribution in [0.15, 0.2) is 72.8 Å². The molecule has 0 N–H and O–H groups in total. The molecule has 2 aromatic carbocycles. The lowest BCUT2D eigenvalue weighted by Crippen LogP contribution is -2.38. The number of carbonyl (C=O) groups excluding carboxylic acids is 1. The highest BCUT2D eigenvalue weighted by atomic mass is 31.1. The van der Waals surface area contributed by atoms with E-state index in [1.54, 1.807) is 6.92 Å². The Morgan fingerprint density at radius 3 is 1.91 bits per heavy atom. The van der Waals surface area contributed by atoms with E-state index in [9.17, 15) is 9.36 Å². The zero-order valence-corrected chi connectivity index (χ0v) is 13.7. The third-order valence-electron chi connectivity index (χ3n) is 3.42. The van der Waals surface area contributed by atoms with Crippen molar-refractivity contribution in [1.29, 1.82) is 0 Å². The van der Waals surface area contributed by atoms with Crippen LogP contribution in [-0.2, 0) is 24.2 Å². The fourth-order valence-corrected chi connectivity index (χ4v) is 2.49. The highest BCUT2D eigenvalue weighted by Gasteiger charge is 2.39. The minimum absolute atomic E-state index is 0.0783. The predicted octanol–water partition coefficient (Wildman–Crippen LogP) is 4.27. The van der Waals surface area contributed by atoms with Crippen LogP contribution in [0, 0.1) is 0 Å². The Kier molecular flexibility index (Phi) is 5.80. The number of ether oxygens (including phenoxy) is 1. The number of carbonyl (C=O) groups is 1. The van der Waals surface area contributed by atoms with Crippen LogP contribution in [0.3, 0.4) is 0 Å². The van der Waals surface area contributed by atoms with Gasteiger partial charge in [-0.2, -0.15) is 0 Å². The monoisotopic (exact) mass is 328 g/mol. The van der Waals surface area contributed by atoms with Gasteiger partial charge in [-0.25, -0.2) is 9.36 Å². The van der Waals surface area contributed by atoms with E-state index in [2.05, 4.69) is 6.58 Å². The van der Waals surface area contributed by atoms with Crippen molar-refractivity contribution in [3.63, 3.8) is 0 Å². The van der Waals surface area contributed by atoms with Crippen LogP contribution in [0.2, 0.25) is 0 Å². The standard InChI is InChI=1S/C18H17O4P/c1-14(2)17(19)22-18(13-21-23-20,15-9-5-3-6-10-15)16-11-7-4-8-12-16/h3-12H,1,13H2,2H3. The summed E-state index contributed by atoms with van der Waals surface area (Å²) >= 11 is 0. The van der Waals surface area contributed by atoms with Crippen molar-refractivity contribution in [2.24, 2.45) is 0 Å². The van der Waals surface area contributed by atoms with Crippen LogP contribution in [0.5, 0.6) is 0 Å². The molecule has 0 saturated heterocycles. The Morgan fingerprint density at radius 1 is 1.04 bits per heavy atom. The average Bonchev–Trinajstić information content (AvgIpc) is 2.60. The quantitative estimate of drug-likeness (QED) is 0.433. The maximum absolute atomic E-state index is 12.2. The van der Waals surface area contributed by atoms with Crippen molar-refractivity contribution in [3.05, 3.63) is 83.9 Å². The molecule has 0 atom stereocenters. The van der Waals surface area contributed by atoms with Crippen LogP contribution in [0.4, 0.5) is 0 Å². The van der Waals surface area contributed by atoms with E-state index in [-0.39, 0.29) is 12.2 Å². The Hall–Kier alpha value is -2.29. The molecule has 0 bridgehead atoms. The van der Waals surface area contributed by atoms with Crippen molar-refractivity contribution in [1.82, 2.24) is 0 Å². The van der Waals surface area contributed by atoms with Crippen LogP contribution in [0.1, 0.15) is 18.1 Å². The third-order valence-corrected chi connectivity index (χ3v) is 3.65.